The number of anilines is 2. The molecule has 0 bridgehead atoms. The molecule has 0 atom stereocenters. The Labute approximate surface area is 193 Å². The highest BCUT2D eigenvalue weighted by atomic mass is 35.5. The maximum absolute atomic E-state index is 13.2. The van der Waals surface area contributed by atoms with Crippen LogP contribution >= 0.6 is 11.6 Å². The number of amides is 1. The number of nitrogens with zero attached hydrogens (tertiary/aromatic N) is 2. The van der Waals surface area contributed by atoms with Crippen LogP contribution in [0.3, 0.4) is 0 Å². The summed E-state index contributed by atoms with van der Waals surface area (Å²) >= 11 is 5.86. The summed E-state index contributed by atoms with van der Waals surface area (Å²) in [6.07, 6.45) is 0. The Balaban J connectivity index is 1.49. The maximum Gasteiger partial charge on any atom is 0.261 e. The zero-order valence-corrected chi connectivity index (χ0v) is 19.2. The van der Waals surface area contributed by atoms with Gasteiger partial charge in [-0.1, -0.05) is 35.9 Å². The van der Waals surface area contributed by atoms with Crippen LogP contribution in [0.2, 0.25) is 5.02 Å². The first-order valence-electron chi connectivity index (χ1n) is 10.3. The monoisotopic (exact) mass is 469 g/mol. The minimum atomic E-state index is -3.85. The van der Waals surface area contributed by atoms with Gasteiger partial charge in [0.2, 0.25) is 0 Å². The van der Waals surface area contributed by atoms with Crippen LogP contribution in [-0.2, 0) is 10.0 Å². The van der Waals surface area contributed by atoms with E-state index in [0.29, 0.717) is 36.8 Å². The van der Waals surface area contributed by atoms with E-state index in [0.717, 1.165) is 5.69 Å². The predicted molar refractivity (Wildman–Crippen MR) is 128 cm³/mol. The lowest BCUT2D eigenvalue weighted by atomic mass is 10.1. The molecule has 1 N–H and O–H groups in total. The summed E-state index contributed by atoms with van der Waals surface area (Å²) in [5, 5.41) is 0.448. The fourth-order valence-corrected chi connectivity index (χ4v) is 4.94. The van der Waals surface area contributed by atoms with Gasteiger partial charge in [-0.25, -0.2) is 8.42 Å². The Morgan fingerprint density at radius 1 is 0.906 bits per heavy atom. The molecule has 1 aliphatic rings. The zero-order valence-electron chi connectivity index (χ0n) is 17.7. The molecule has 3 aromatic carbocycles. The van der Waals surface area contributed by atoms with E-state index in [4.69, 9.17) is 11.6 Å². The largest absolute Gasteiger partial charge is 0.368 e. The number of carbonyl (C=O) groups is 1. The molecule has 4 rings (SSSR count). The number of carbonyl (C=O) groups excluding carboxylic acids is 1. The van der Waals surface area contributed by atoms with Gasteiger partial charge in [0.05, 0.1) is 16.1 Å². The van der Waals surface area contributed by atoms with Crippen molar-refractivity contribution in [3.05, 3.63) is 88.9 Å². The van der Waals surface area contributed by atoms with Gasteiger partial charge >= 0.3 is 0 Å². The summed E-state index contributed by atoms with van der Waals surface area (Å²) in [5.41, 5.74) is 2.93. The van der Waals surface area contributed by atoms with Gasteiger partial charge in [-0.15, -0.1) is 0 Å². The van der Waals surface area contributed by atoms with E-state index in [2.05, 4.69) is 34.7 Å². The van der Waals surface area contributed by atoms with E-state index in [1.165, 1.54) is 29.8 Å². The first-order valence-corrected chi connectivity index (χ1v) is 12.2. The van der Waals surface area contributed by atoms with Crippen molar-refractivity contribution < 1.29 is 13.2 Å². The number of sulfonamides is 1. The van der Waals surface area contributed by atoms with E-state index in [9.17, 15) is 13.2 Å². The van der Waals surface area contributed by atoms with Crippen LogP contribution in [0, 0.1) is 6.92 Å². The van der Waals surface area contributed by atoms with Gasteiger partial charge in [-0.3, -0.25) is 9.52 Å². The van der Waals surface area contributed by atoms with Crippen molar-refractivity contribution in [3.8, 4) is 0 Å². The molecule has 3 aromatic rings. The first-order chi connectivity index (χ1) is 15.3. The summed E-state index contributed by atoms with van der Waals surface area (Å²) in [5.74, 6) is -0.191. The lowest BCUT2D eigenvalue weighted by Crippen LogP contribution is -2.49. The van der Waals surface area contributed by atoms with Crippen molar-refractivity contribution in [2.75, 3.05) is 35.8 Å². The maximum atomic E-state index is 13.2. The van der Waals surface area contributed by atoms with E-state index < -0.39 is 10.0 Å². The number of aryl methyl sites for hydroxylation is 1. The van der Waals surface area contributed by atoms with Crippen molar-refractivity contribution in [3.63, 3.8) is 0 Å². The van der Waals surface area contributed by atoms with Gasteiger partial charge in [-0.05, 0) is 61.0 Å². The minimum absolute atomic E-state index is 0.0796. The van der Waals surface area contributed by atoms with Crippen molar-refractivity contribution in [2.24, 2.45) is 0 Å². The van der Waals surface area contributed by atoms with Gasteiger partial charge in [0.1, 0.15) is 0 Å². The summed E-state index contributed by atoms with van der Waals surface area (Å²) in [4.78, 5) is 17.3. The number of nitrogens with one attached hydrogen (secondary N) is 1. The Hall–Kier alpha value is -3.03. The lowest BCUT2D eigenvalue weighted by molar-refractivity contribution is 0.0748. The summed E-state index contributed by atoms with van der Waals surface area (Å²) in [7, 11) is -3.85. The van der Waals surface area contributed by atoms with E-state index in [-0.39, 0.29) is 16.5 Å². The molecule has 1 fully saturated rings. The number of hydrogen-bond acceptors (Lipinski definition) is 4. The molecule has 1 aliphatic heterocycles. The van der Waals surface area contributed by atoms with Gasteiger partial charge in [0.25, 0.3) is 15.9 Å². The fourth-order valence-electron chi connectivity index (χ4n) is 3.74. The second-order valence-electron chi connectivity index (χ2n) is 7.72. The van der Waals surface area contributed by atoms with Crippen LogP contribution in [0.1, 0.15) is 15.9 Å². The molecule has 1 amide bonds. The van der Waals surface area contributed by atoms with Crippen LogP contribution in [0.15, 0.2) is 77.7 Å². The molecule has 8 heteroatoms. The minimum Gasteiger partial charge on any atom is -0.368 e. The lowest BCUT2D eigenvalue weighted by Gasteiger charge is -2.36. The smallest absolute Gasteiger partial charge is 0.261 e. The number of para-hydroxylation sites is 1. The molecule has 0 radical (unpaired) electrons. The van der Waals surface area contributed by atoms with Gasteiger partial charge in [0, 0.05) is 36.9 Å². The number of hydrogen-bond donors (Lipinski definition) is 1. The topological polar surface area (TPSA) is 69.7 Å². The molecule has 32 heavy (non-hydrogen) atoms. The number of piperazine rings is 1. The standard InChI is InChI=1S/C24H24ClN3O3S/c1-18-5-4-6-20(17-18)27-13-15-28(16-14-27)24(29)22-7-2-3-8-23(22)26-32(30,31)21-11-9-19(25)10-12-21/h2-12,17,26H,13-16H2,1H3. The summed E-state index contributed by atoms with van der Waals surface area (Å²) in [6.45, 7) is 4.61. The Bertz CT molecular complexity index is 1220. The molecule has 0 aliphatic carbocycles. The zero-order chi connectivity index (χ0) is 22.7. The first kappa shape index (κ1) is 22.2. The number of rotatable bonds is 5. The molecular weight excluding hydrogens is 446 g/mol. The van der Waals surface area contributed by atoms with Crippen molar-refractivity contribution >= 4 is 38.9 Å². The third kappa shape index (κ3) is 4.89. The van der Waals surface area contributed by atoms with Gasteiger partial charge in [0.15, 0.2) is 0 Å². The normalized spacial score (nSPS) is 14.3. The highest BCUT2D eigenvalue weighted by Crippen LogP contribution is 2.24. The second-order valence-corrected chi connectivity index (χ2v) is 9.84. The Morgan fingerprint density at radius 3 is 2.28 bits per heavy atom. The van der Waals surface area contributed by atoms with Crippen LogP contribution in [0.25, 0.3) is 0 Å². The van der Waals surface area contributed by atoms with E-state index in [1.807, 2.05) is 6.07 Å². The predicted octanol–water partition coefficient (Wildman–Crippen LogP) is 4.41. The second kappa shape index (κ2) is 9.22. The molecular formula is C24H24ClN3O3S. The number of halogens is 1. The molecule has 0 spiro atoms. The Morgan fingerprint density at radius 2 is 1.59 bits per heavy atom. The molecule has 166 valence electrons. The third-order valence-corrected chi connectivity index (χ3v) is 7.09. The van der Waals surface area contributed by atoms with Gasteiger partial charge in [-0.2, -0.15) is 0 Å². The average Bonchev–Trinajstić information content (AvgIpc) is 2.79. The quantitative estimate of drug-likeness (QED) is 0.600. The van der Waals surface area contributed by atoms with Crippen molar-refractivity contribution in [2.45, 2.75) is 11.8 Å². The van der Waals surface area contributed by atoms with Crippen molar-refractivity contribution in [1.29, 1.82) is 0 Å². The molecule has 1 saturated heterocycles. The highest BCUT2D eigenvalue weighted by molar-refractivity contribution is 7.92. The van der Waals surface area contributed by atoms with Crippen molar-refractivity contribution in [1.82, 2.24) is 4.90 Å². The summed E-state index contributed by atoms with van der Waals surface area (Å²) in [6, 6.07) is 20.9. The number of benzene rings is 3. The average molecular weight is 470 g/mol. The third-order valence-electron chi connectivity index (χ3n) is 5.46. The SMILES string of the molecule is Cc1cccc(N2CCN(C(=O)c3ccccc3NS(=O)(=O)c3ccc(Cl)cc3)CC2)c1. The molecule has 1 heterocycles. The van der Waals surface area contributed by atoms with Crippen LogP contribution in [-0.4, -0.2) is 45.4 Å². The van der Waals surface area contributed by atoms with E-state index >= 15 is 0 Å². The molecule has 0 unspecified atom stereocenters. The van der Waals surface area contributed by atoms with E-state index in [1.54, 1.807) is 29.2 Å². The van der Waals surface area contributed by atoms with Crippen LogP contribution in [0.5, 0.6) is 0 Å². The fraction of sp³-hybridized carbons (Fsp3) is 0.208. The highest BCUT2D eigenvalue weighted by Gasteiger charge is 2.25. The van der Waals surface area contributed by atoms with Gasteiger partial charge < -0.3 is 9.80 Å². The Kier molecular flexibility index (Phi) is 6.39. The van der Waals surface area contributed by atoms with Crippen LogP contribution in [0.4, 0.5) is 11.4 Å². The summed E-state index contributed by atoms with van der Waals surface area (Å²) < 4.78 is 28.2. The molecule has 0 saturated carbocycles. The van der Waals surface area contributed by atoms with Crippen LogP contribution < -0.4 is 9.62 Å². The molecule has 6 nitrogen and oxygen atoms in total. The molecule has 0 aromatic heterocycles.